The largest absolute Gasteiger partial charge is 0.418 e. The molecule has 1 saturated carbocycles. The number of hydrogen-bond donors (Lipinski definition) is 0. The SMILES string of the molecule is C[C@@H]1CN(Cc2cc(C(F)(F)F)c3cn(-c4cccc([C@H](c5nncs5)C5CCC5)c4)c(=O)n3c2)CCO1. The summed E-state index contributed by atoms with van der Waals surface area (Å²) in [5.74, 6) is 0.488. The van der Waals surface area contributed by atoms with E-state index in [1.54, 1.807) is 11.6 Å². The van der Waals surface area contributed by atoms with Crippen LogP contribution in [0.15, 0.2) is 53.0 Å². The number of hydrogen-bond acceptors (Lipinski definition) is 6. The Morgan fingerprint density at radius 1 is 1.21 bits per heavy atom. The van der Waals surface area contributed by atoms with Gasteiger partial charge in [-0.3, -0.25) is 13.9 Å². The normalized spacial score (nSPS) is 20.1. The average molecular weight is 544 g/mol. The summed E-state index contributed by atoms with van der Waals surface area (Å²) in [4.78, 5) is 15.6. The van der Waals surface area contributed by atoms with E-state index in [1.165, 1.54) is 28.3 Å². The molecule has 0 amide bonds. The third-order valence-corrected chi connectivity index (χ3v) is 8.41. The van der Waals surface area contributed by atoms with Crippen molar-refractivity contribution in [3.63, 3.8) is 0 Å². The zero-order valence-corrected chi connectivity index (χ0v) is 21.7. The maximum atomic E-state index is 14.2. The predicted molar refractivity (Wildman–Crippen MR) is 138 cm³/mol. The van der Waals surface area contributed by atoms with Crippen LogP contribution in [0.25, 0.3) is 11.2 Å². The van der Waals surface area contributed by atoms with Gasteiger partial charge in [-0.2, -0.15) is 13.2 Å². The average Bonchev–Trinajstić information content (AvgIpc) is 3.49. The molecule has 2 fully saturated rings. The van der Waals surface area contributed by atoms with Gasteiger partial charge in [-0.15, -0.1) is 21.5 Å². The van der Waals surface area contributed by atoms with Crippen molar-refractivity contribution in [2.24, 2.45) is 5.92 Å². The summed E-state index contributed by atoms with van der Waals surface area (Å²) >= 11 is 1.50. The highest BCUT2D eigenvalue weighted by Gasteiger charge is 2.35. The third-order valence-electron chi connectivity index (χ3n) is 7.63. The van der Waals surface area contributed by atoms with Crippen molar-refractivity contribution in [1.29, 1.82) is 0 Å². The number of halogens is 3. The van der Waals surface area contributed by atoms with Crippen LogP contribution in [0.4, 0.5) is 13.2 Å². The fourth-order valence-corrected chi connectivity index (χ4v) is 6.38. The van der Waals surface area contributed by atoms with E-state index >= 15 is 0 Å². The number of pyridine rings is 1. The Morgan fingerprint density at radius 3 is 2.74 bits per heavy atom. The van der Waals surface area contributed by atoms with Crippen LogP contribution < -0.4 is 5.69 Å². The molecule has 2 aliphatic rings. The van der Waals surface area contributed by atoms with Crippen molar-refractivity contribution in [1.82, 2.24) is 24.1 Å². The van der Waals surface area contributed by atoms with Crippen molar-refractivity contribution in [2.75, 3.05) is 19.7 Å². The molecule has 1 aromatic carbocycles. The molecule has 1 aliphatic carbocycles. The van der Waals surface area contributed by atoms with Crippen LogP contribution in [0.1, 0.15) is 53.8 Å². The zero-order chi connectivity index (χ0) is 26.4. The summed E-state index contributed by atoms with van der Waals surface area (Å²) in [6.07, 6.45) is 1.58. The monoisotopic (exact) mass is 543 g/mol. The van der Waals surface area contributed by atoms with Gasteiger partial charge in [0, 0.05) is 37.9 Å². The van der Waals surface area contributed by atoms with Crippen LogP contribution in [0.5, 0.6) is 0 Å². The molecule has 38 heavy (non-hydrogen) atoms. The van der Waals surface area contributed by atoms with Gasteiger partial charge >= 0.3 is 11.9 Å². The molecule has 1 aliphatic heterocycles. The van der Waals surface area contributed by atoms with Gasteiger partial charge in [-0.05, 0) is 55.0 Å². The van der Waals surface area contributed by atoms with Crippen LogP contribution in [-0.2, 0) is 17.5 Å². The molecule has 11 heteroatoms. The van der Waals surface area contributed by atoms with E-state index in [0.717, 1.165) is 40.3 Å². The number of nitrogens with zero attached hydrogens (tertiary/aromatic N) is 5. The van der Waals surface area contributed by atoms with Gasteiger partial charge in [0.05, 0.1) is 29.5 Å². The van der Waals surface area contributed by atoms with Crippen molar-refractivity contribution < 1.29 is 17.9 Å². The van der Waals surface area contributed by atoms with E-state index in [2.05, 4.69) is 15.1 Å². The first-order valence-corrected chi connectivity index (χ1v) is 13.7. The first-order valence-electron chi connectivity index (χ1n) is 12.8. The molecule has 0 spiro atoms. The highest BCUT2D eigenvalue weighted by molar-refractivity contribution is 7.09. The highest BCUT2D eigenvalue weighted by atomic mass is 32.1. The Bertz CT molecular complexity index is 1490. The minimum absolute atomic E-state index is 0.00886. The van der Waals surface area contributed by atoms with E-state index in [0.29, 0.717) is 43.4 Å². The van der Waals surface area contributed by atoms with E-state index in [-0.39, 0.29) is 17.5 Å². The molecule has 4 heterocycles. The lowest BCUT2D eigenvalue weighted by molar-refractivity contribution is -0.136. The van der Waals surface area contributed by atoms with Crippen LogP contribution in [-0.4, -0.2) is 49.9 Å². The molecule has 0 radical (unpaired) electrons. The lowest BCUT2D eigenvalue weighted by Crippen LogP contribution is -2.40. The second-order valence-corrected chi connectivity index (χ2v) is 11.1. The summed E-state index contributed by atoms with van der Waals surface area (Å²) in [6.45, 7) is 4.03. The minimum atomic E-state index is -4.60. The molecule has 200 valence electrons. The summed E-state index contributed by atoms with van der Waals surface area (Å²) in [6, 6.07) is 8.66. The molecular formula is C27H28F3N5O2S. The second kappa shape index (κ2) is 9.94. The van der Waals surface area contributed by atoms with Gasteiger partial charge in [0.1, 0.15) is 10.5 Å². The van der Waals surface area contributed by atoms with Crippen LogP contribution in [0, 0.1) is 5.92 Å². The Balaban J connectivity index is 1.42. The molecular weight excluding hydrogens is 515 g/mol. The van der Waals surface area contributed by atoms with Gasteiger partial charge in [0.25, 0.3) is 0 Å². The summed E-state index contributed by atoms with van der Waals surface area (Å²) in [5, 5.41) is 9.24. The predicted octanol–water partition coefficient (Wildman–Crippen LogP) is 5.11. The molecule has 1 saturated heterocycles. The number of alkyl halides is 3. The fourth-order valence-electron chi connectivity index (χ4n) is 5.61. The summed E-state index contributed by atoms with van der Waals surface area (Å²) in [5.41, 5.74) is 2.16. The Hall–Kier alpha value is -3.02. The van der Waals surface area contributed by atoms with Gasteiger partial charge in [0.15, 0.2) is 0 Å². The second-order valence-electron chi connectivity index (χ2n) is 10.3. The molecule has 4 aromatic rings. The molecule has 0 unspecified atom stereocenters. The van der Waals surface area contributed by atoms with Gasteiger partial charge in [-0.25, -0.2) is 4.79 Å². The van der Waals surface area contributed by atoms with Crippen molar-refractivity contribution in [3.8, 4) is 5.69 Å². The highest BCUT2D eigenvalue weighted by Crippen LogP contribution is 2.44. The van der Waals surface area contributed by atoms with E-state index in [1.807, 2.05) is 25.1 Å². The molecule has 3 aromatic heterocycles. The molecule has 0 N–H and O–H groups in total. The molecule has 6 rings (SSSR count). The van der Waals surface area contributed by atoms with Crippen molar-refractivity contribution in [2.45, 2.75) is 50.9 Å². The molecule has 7 nitrogen and oxygen atoms in total. The quantitative estimate of drug-likeness (QED) is 0.338. The van der Waals surface area contributed by atoms with Crippen molar-refractivity contribution >= 4 is 16.9 Å². The summed E-state index contributed by atoms with van der Waals surface area (Å²) < 4.78 is 50.5. The maximum Gasteiger partial charge on any atom is 0.418 e. The van der Waals surface area contributed by atoms with Crippen LogP contribution >= 0.6 is 11.3 Å². The Labute approximate surface area is 221 Å². The number of rotatable bonds is 6. The Kier molecular flexibility index (Phi) is 6.61. The van der Waals surface area contributed by atoms with Gasteiger partial charge in [-0.1, -0.05) is 18.6 Å². The van der Waals surface area contributed by atoms with Crippen molar-refractivity contribution in [3.05, 3.63) is 80.4 Å². The fraction of sp³-hybridized carbons (Fsp3) is 0.444. The van der Waals surface area contributed by atoms with E-state index < -0.39 is 17.4 Å². The first-order chi connectivity index (χ1) is 18.3. The lowest BCUT2D eigenvalue weighted by atomic mass is 9.73. The summed E-state index contributed by atoms with van der Waals surface area (Å²) in [7, 11) is 0. The van der Waals surface area contributed by atoms with E-state index in [9.17, 15) is 18.0 Å². The van der Waals surface area contributed by atoms with Gasteiger partial charge in [0.2, 0.25) is 0 Å². The van der Waals surface area contributed by atoms with Gasteiger partial charge < -0.3 is 4.74 Å². The first kappa shape index (κ1) is 25.3. The molecule has 2 atom stereocenters. The zero-order valence-electron chi connectivity index (χ0n) is 20.9. The Morgan fingerprint density at radius 2 is 2.05 bits per heavy atom. The lowest BCUT2D eigenvalue weighted by Gasteiger charge is -2.32. The number of imidazole rings is 1. The standard InChI is InChI=1S/C27H28F3N5O2S/c1-17-12-33(8-9-37-17)13-18-10-22(27(28,29)30)23-15-34(26(36)35(23)14-18)21-7-3-6-20(11-21)24(19-4-2-5-19)25-32-31-16-38-25/h3,6-7,10-11,14-17,19,24H,2,4-5,8-9,12-13H2,1H3/t17-,24-/m1/s1. The number of ether oxygens (including phenoxy) is 1. The number of aromatic nitrogens is 4. The van der Waals surface area contributed by atoms with Crippen LogP contribution in [0.2, 0.25) is 0 Å². The number of benzene rings is 1. The number of morpholine rings is 1. The minimum Gasteiger partial charge on any atom is -0.376 e. The third kappa shape index (κ3) is 4.78. The molecule has 0 bridgehead atoms. The van der Waals surface area contributed by atoms with Crippen LogP contribution in [0.3, 0.4) is 0 Å². The number of fused-ring (bicyclic) bond motifs is 1. The topological polar surface area (TPSA) is 64.7 Å². The van der Waals surface area contributed by atoms with E-state index in [4.69, 9.17) is 4.74 Å². The maximum absolute atomic E-state index is 14.2. The smallest absolute Gasteiger partial charge is 0.376 e.